The topological polar surface area (TPSA) is 102 Å². The smallest absolute Gasteiger partial charge is 0.259 e. The molecular formula is C19H22N6O. The summed E-state index contributed by atoms with van der Waals surface area (Å²) in [7, 11) is 0. The first kappa shape index (κ1) is 16.7. The molecule has 0 aromatic carbocycles. The average molecular weight is 350 g/mol. The fourth-order valence-corrected chi connectivity index (χ4v) is 3.56. The summed E-state index contributed by atoms with van der Waals surface area (Å²) in [5.41, 5.74) is 8.31. The molecule has 26 heavy (non-hydrogen) atoms. The first-order valence-corrected chi connectivity index (χ1v) is 8.95. The van der Waals surface area contributed by atoms with Gasteiger partial charge in [0, 0.05) is 30.6 Å². The van der Waals surface area contributed by atoms with Crippen molar-refractivity contribution >= 4 is 0 Å². The van der Waals surface area contributed by atoms with Crippen LogP contribution in [0, 0.1) is 6.92 Å². The molecule has 0 spiro atoms. The third-order valence-electron chi connectivity index (χ3n) is 5.05. The van der Waals surface area contributed by atoms with Crippen molar-refractivity contribution in [3.8, 4) is 17.1 Å². The van der Waals surface area contributed by atoms with Gasteiger partial charge in [-0.05, 0) is 56.4 Å². The largest absolute Gasteiger partial charge is 0.328 e. The molecule has 3 aromatic rings. The summed E-state index contributed by atoms with van der Waals surface area (Å²) in [6.07, 6.45) is 9.09. The minimum absolute atomic E-state index is 0.187. The lowest BCUT2D eigenvalue weighted by Crippen LogP contribution is -2.26. The molecule has 3 N–H and O–H groups in total. The van der Waals surface area contributed by atoms with Gasteiger partial charge in [-0.3, -0.25) is 9.78 Å². The van der Waals surface area contributed by atoms with E-state index in [1.54, 1.807) is 24.5 Å². The number of nitrogens with two attached hydrogens (primary N) is 1. The van der Waals surface area contributed by atoms with Crippen molar-refractivity contribution in [2.45, 2.75) is 44.6 Å². The predicted molar refractivity (Wildman–Crippen MR) is 99.1 cm³/mol. The van der Waals surface area contributed by atoms with Crippen LogP contribution in [0.2, 0.25) is 0 Å². The molecule has 0 radical (unpaired) electrons. The lowest BCUT2D eigenvalue weighted by molar-refractivity contribution is 0.380. The number of H-pyrrole nitrogens is 1. The lowest BCUT2D eigenvalue weighted by atomic mass is 9.86. The molecule has 7 heteroatoms. The number of hydrogen-bond donors (Lipinski definition) is 2. The fraction of sp³-hybridized carbons (Fsp3) is 0.368. The minimum atomic E-state index is -0.187. The van der Waals surface area contributed by atoms with E-state index in [0.29, 0.717) is 11.4 Å². The quantitative estimate of drug-likeness (QED) is 0.754. The predicted octanol–water partition coefficient (Wildman–Crippen LogP) is 2.31. The van der Waals surface area contributed by atoms with E-state index in [1.807, 2.05) is 23.9 Å². The molecule has 0 saturated heterocycles. The number of pyridine rings is 2. The SMILES string of the molecule is Cc1cnccc1-n1nc(-c2ccc[nH]c2=O)nc1C1CCC(N)CC1. The summed E-state index contributed by atoms with van der Waals surface area (Å²) >= 11 is 0. The zero-order valence-electron chi connectivity index (χ0n) is 14.7. The summed E-state index contributed by atoms with van der Waals surface area (Å²) in [4.78, 5) is 23.8. The van der Waals surface area contributed by atoms with Gasteiger partial charge in [-0.2, -0.15) is 0 Å². The Bertz CT molecular complexity index is 968. The van der Waals surface area contributed by atoms with Crippen LogP contribution in [0.3, 0.4) is 0 Å². The summed E-state index contributed by atoms with van der Waals surface area (Å²) in [6.45, 7) is 2.00. The standard InChI is InChI=1S/C19H22N6O/c1-12-11-21-10-8-16(12)25-18(13-4-6-14(20)7-5-13)23-17(24-25)15-3-2-9-22-19(15)26/h2-3,8-11,13-14H,4-7,20H2,1H3,(H,22,26). The van der Waals surface area contributed by atoms with Gasteiger partial charge < -0.3 is 10.7 Å². The molecule has 4 rings (SSSR count). The van der Waals surface area contributed by atoms with Gasteiger partial charge in [0.15, 0.2) is 5.82 Å². The zero-order valence-corrected chi connectivity index (χ0v) is 14.7. The molecule has 0 atom stereocenters. The van der Waals surface area contributed by atoms with Gasteiger partial charge in [0.2, 0.25) is 0 Å². The Morgan fingerprint density at radius 1 is 1.23 bits per heavy atom. The highest BCUT2D eigenvalue weighted by Crippen LogP contribution is 2.33. The maximum atomic E-state index is 12.2. The Morgan fingerprint density at radius 2 is 2.04 bits per heavy atom. The molecule has 7 nitrogen and oxygen atoms in total. The van der Waals surface area contributed by atoms with E-state index in [0.717, 1.165) is 42.8 Å². The third kappa shape index (κ3) is 3.06. The fourth-order valence-electron chi connectivity index (χ4n) is 3.56. The number of nitrogens with zero attached hydrogens (tertiary/aromatic N) is 4. The Balaban J connectivity index is 1.84. The van der Waals surface area contributed by atoms with E-state index in [1.165, 1.54) is 0 Å². The van der Waals surface area contributed by atoms with Crippen molar-refractivity contribution in [1.82, 2.24) is 24.7 Å². The Kier molecular flexibility index (Phi) is 4.38. The van der Waals surface area contributed by atoms with Crippen LogP contribution in [0.25, 0.3) is 17.1 Å². The molecule has 0 bridgehead atoms. The van der Waals surface area contributed by atoms with E-state index in [9.17, 15) is 4.79 Å². The number of rotatable bonds is 3. The second-order valence-electron chi connectivity index (χ2n) is 6.89. The van der Waals surface area contributed by atoms with Crippen LogP contribution in [-0.2, 0) is 0 Å². The molecule has 0 amide bonds. The van der Waals surface area contributed by atoms with Crippen molar-refractivity contribution in [2.75, 3.05) is 0 Å². The molecule has 1 aliphatic carbocycles. The van der Waals surface area contributed by atoms with Crippen molar-refractivity contribution in [3.63, 3.8) is 0 Å². The Hall–Kier alpha value is -2.80. The summed E-state index contributed by atoms with van der Waals surface area (Å²) in [5, 5.41) is 4.69. The normalized spacial score (nSPS) is 20.2. The van der Waals surface area contributed by atoms with Gasteiger partial charge in [-0.1, -0.05) is 0 Å². The van der Waals surface area contributed by atoms with E-state index in [-0.39, 0.29) is 17.5 Å². The van der Waals surface area contributed by atoms with Crippen LogP contribution in [0.1, 0.15) is 43.0 Å². The summed E-state index contributed by atoms with van der Waals surface area (Å²) in [5.74, 6) is 1.63. The van der Waals surface area contributed by atoms with E-state index in [4.69, 9.17) is 15.8 Å². The van der Waals surface area contributed by atoms with Gasteiger partial charge in [0.05, 0.1) is 11.3 Å². The van der Waals surface area contributed by atoms with Gasteiger partial charge in [0.25, 0.3) is 5.56 Å². The number of nitrogens with one attached hydrogen (secondary N) is 1. The molecule has 3 heterocycles. The van der Waals surface area contributed by atoms with E-state index >= 15 is 0 Å². The molecule has 0 aliphatic heterocycles. The molecular weight excluding hydrogens is 328 g/mol. The van der Waals surface area contributed by atoms with E-state index in [2.05, 4.69) is 9.97 Å². The minimum Gasteiger partial charge on any atom is -0.328 e. The van der Waals surface area contributed by atoms with Crippen LogP contribution < -0.4 is 11.3 Å². The number of hydrogen-bond acceptors (Lipinski definition) is 5. The van der Waals surface area contributed by atoms with Gasteiger partial charge in [0.1, 0.15) is 5.82 Å². The zero-order chi connectivity index (χ0) is 18.1. The highest BCUT2D eigenvalue weighted by atomic mass is 16.1. The lowest BCUT2D eigenvalue weighted by Gasteiger charge is -2.25. The summed E-state index contributed by atoms with van der Waals surface area (Å²) in [6, 6.07) is 5.73. The maximum Gasteiger partial charge on any atom is 0.259 e. The highest BCUT2D eigenvalue weighted by molar-refractivity contribution is 5.53. The molecule has 134 valence electrons. The number of aromatic amines is 1. The Morgan fingerprint density at radius 3 is 2.77 bits per heavy atom. The second-order valence-corrected chi connectivity index (χ2v) is 6.89. The van der Waals surface area contributed by atoms with E-state index < -0.39 is 0 Å². The van der Waals surface area contributed by atoms with Crippen molar-refractivity contribution in [1.29, 1.82) is 0 Å². The van der Waals surface area contributed by atoms with Crippen LogP contribution in [0.5, 0.6) is 0 Å². The summed E-state index contributed by atoms with van der Waals surface area (Å²) < 4.78 is 1.88. The van der Waals surface area contributed by atoms with Crippen LogP contribution >= 0.6 is 0 Å². The van der Waals surface area contributed by atoms with Gasteiger partial charge >= 0.3 is 0 Å². The van der Waals surface area contributed by atoms with Crippen LogP contribution in [0.4, 0.5) is 0 Å². The second kappa shape index (κ2) is 6.84. The molecule has 1 saturated carbocycles. The van der Waals surface area contributed by atoms with Crippen LogP contribution in [0.15, 0.2) is 41.6 Å². The van der Waals surface area contributed by atoms with Gasteiger partial charge in [-0.15, -0.1) is 5.10 Å². The first-order chi connectivity index (χ1) is 12.6. The van der Waals surface area contributed by atoms with Gasteiger partial charge in [-0.25, -0.2) is 9.67 Å². The first-order valence-electron chi connectivity index (χ1n) is 8.95. The van der Waals surface area contributed by atoms with Crippen LogP contribution in [-0.4, -0.2) is 30.8 Å². The molecule has 1 fully saturated rings. The molecule has 3 aromatic heterocycles. The monoisotopic (exact) mass is 350 g/mol. The number of aryl methyl sites for hydroxylation is 1. The molecule has 0 unspecified atom stereocenters. The Labute approximate surface area is 151 Å². The van der Waals surface area contributed by atoms with Crippen molar-refractivity contribution < 1.29 is 0 Å². The average Bonchev–Trinajstić information content (AvgIpc) is 3.08. The van der Waals surface area contributed by atoms with Crippen molar-refractivity contribution in [2.24, 2.45) is 5.73 Å². The molecule has 1 aliphatic rings. The third-order valence-corrected chi connectivity index (χ3v) is 5.05. The number of aromatic nitrogens is 5. The van der Waals surface area contributed by atoms with Crippen molar-refractivity contribution in [3.05, 3.63) is 58.5 Å². The highest BCUT2D eigenvalue weighted by Gasteiger charge is 2.27. The maximum absolute atomic E-state index is 12.2.